The van der Waals surface area contributed by atoms with Gasteiger partial charge in [-0.2, -0.15) is 5.10 Å². The first-order valence-corrected chi connectivity index (χ1v) is 6.81. The summed E-state index contributed by atoms with van der Waals surface area (Å²) in [5, 5.41) is 17.3. The molecule has 0 aromatic carbocycles. The number of amides is 1. The number of β-amino-alcohol motifs (C(OH)–C–C–N with tert-alkyl or cyclic N) is 1. The number of aliphatic hydroxyl groups excluding tert-OH is 1. The molecular weight excluding hydrogens is 244 g/mol. The third kappa shape index (κ3) is 2.64. The Morgan fingerprint density at radius 2 is 2.32 bits per heavy atom. The molecule has 106 valence electrons. The summed E-state index contributed by atoms with van der Waals surface area (Å²) >= 11 is 0. The van der Waals surface area contributed by atoms with Crippen LogP contribution < -0.4 is 5.32 Å². The minimum Gasteiger partial charge on any atom is -0.390 e. The summed E-state index contributed by atoms with van der Waals surface area (Å²) in [6, 6.07) is 1.68. The highest BCUT2D eigenvalue weighted by molar-refractivity contribution is 5.92. The molecule has 6 nitrogen and oxygen atoms in total. The number of hydrogen-bond acceptors (Lipinski definition) is 4. The van der Waals surface area contributed by atoms with E-state index in [-0.39, 0.29) is 11.9 Å². The van der Waals surface area contributed by atoms with Crippen LogP contribution in [-0.4, -0.2) is 58.0 Å². The highest BCUT2D eigenvalue weighted by Crippen LogP contribution is 2.14. The van der Waals surface area contributed by atoms with Gasteiger partial charge in [0.1, 0.15) is 5.69 Å². The molecule has 1 aromatic heterocycles. The van der Waals surface area contributed by atoms with Gasteiger partial charge in [-0.05, 0) is 19.4 Å². The van der Waals surface area contributed by atoms with Crippen molar-refractivity contribution >= 4 is 5.91 Å². The van der Waals surface area contributed by atoms with Crippen LogP contribution in [0.3, 0.4) is 0 Å². The number of carbonyl (C=O) groups excluding carboxylic acids is 1. The number of rotatable bonds is 4. The largest absolute Gasteiger partial charge is 0.390 e. The zero-order valence-corrected chi connectivity index (χ0v) is 11.8. The molecule has 0 unspecified atom stereocenters. The molecule has 6 heteroatoms. The van der Waals surface area contributed by atoms with Crippen LogP contribution in [0, 0.1) is 0 Å². The maximum Gasteiger partial charge on any atom is 0.272 e. The van der Waals surface area contributed by atoms with Gasteiger partial charge in [0.15, 0.2) is 0 Å². The number of hydrogen-bond donors (Lipinski definition) is 2. The molecule has 1 fully saturated rings. The second kappa shape index (κ2) is 5.71. The minimum atomic E-state index is -0.502. The van der Waals surface area contributed by atoms with Crippen LogP contribution in [0.15, 0.2) is 6.07 Å². The molecule has 0 saturated carbocycles. The fourth-order valence-corrected chi connectivity index (χ4v) is 2.43. The summed E-state index contributed by atoms with van der Waals surface area (Å²) in [4.78, 5) is 14.1. The Hall–Kier alpha value is -1.40. The second-order valence-electron chi connectivity index (χ2n) is 4.90. The van der Waals surface area contributed by atoms with Gasteiger partial charge in [0, 0.05) is 26.7 Å². The van der Waals surface area contributed by atoms with Gasteiger partial charge in [-0.1, -0.05) is 6.92 Å². The predicted octanol–water partition coefficient (Wildman–Crippen LogP) is -0.130. The van der Waals surface area contributed by atoms with E-state index in [1.165, 1.54) is 0 Å². The third-order valence-corrected chi connectivity index (χ3v) is 3.68. The van der Waals surface area contributed by atoms with Crippen molar-refractivity contribution in [2.24, 2.45) is 0 Å². The molecule has 0 radical (unpaired) electrons. The van der Waals surface area contributed by atoms with Crippen LogP contribution in [0.5, 0.6) is 0 Å². The maximum absolute atomic E-state index is 12.5. The molecule has 1 aromatic rings. The molecule has 2 atom stereocenters. The lowest BCUT2D eigenvalue weighted by Gasteiger charge is -2.26. The van der Waals surface area contributed by atoms with Gasteiger partial charge in [0.05, 0.1) is 17.8 Å². The lowest BCUT2D eigenvalue weighted by Crippen LogP contribution is -2.44. The Kier molecular flexibility index (Phi) is 4.21. The lowest BCUT2D eigenvalue weighted by molar-refractivity contribution is 0.0570. The van der Waals surface area contributed by atoms with Gasteiger partial charge in [0.2, 0.25) is 0 Å². The topological polar surface area (TPSA) is 70.4 Å². The van der Waals surface area contributed by atoms with Crippen LogP contribution in [0.1, 0.15) is 30.0 Å². The van der Waals surface area contributed by atoms with Crippen molar-refractivity contribution in [3.05, 3.63) is 17.5 Å². The Bertz CT molecular complexity index is 457. The summed E-state index contributed by atoms with van der Waals surface area (Å²) in [6.07, 6.45) is 0.308. The SMILES string of the molecule is CCc1cc(C(=O)N(C)[C@H]2CNC[C@@H]2O)n(CC)n1. The lowest BCUT2D eigenvalue weighted by atomic mass is 10.1. The van der Waals surface area contributed by atoms with Crippen LogP contribution in [0.25, 0.3) is 0 Å². The first-order valence-electron chi connectivity index (χ1n) is 6.81. The van der Waals surface area contributed by atoms with E-state index in [0.717, 1.165) is 12.1 Å². The minimum absolute atomic E-state index is 0.0817. The molecule has 1 saturated heterocycles. The molecule has 1 amide bonds. The first kappa shape index (κ1) is 14.0. The number of likely N-dealkylation sites (N-methyl/N-ethyl adjacent to an activating group) is 1. The summed E-state index contributed by atoms with van der Waals surface area (Å²) < 4.78 is 1.73. The van der Waals surface area contributed by atoms with Crippen molar-refractivity contribution < 1.29 is 9.90 Å². The fourth-order valence-electron chi connectivity index (χ4n) is 2.43. The van der Waals surface area contributed by atoms with E-state index in [2.05, 4.69) is 10.4 Å². The molecule has 1 aliphatic rings. The van der Waals surface area contributed by atoms with Gasteiger partial charge in [-0.25, -0.2) is 0 Å². The molecule has 2 rings (SSSR count). The summed E-state index contributed by atoms with van der Waals surface area (Å²) in [5.74, 6) is -0.0817. The average Bonchev–Trinajstić information content (AvgIpc) is 3.02. The van der Waals surface area contributed by atoms with Gasteiger partial charge < -0.3 is 15.3 Å². The Morgan fingerprint density at radius 3 is 2.84 bits per heavy atom. The van der Waals surface area contributed by atoms with Crippen LogP contribution >= 0.6 is 0 Å². The van der Waals surface area contributed by atoms with Crippen LogP contribution in [0.4, 0.5) is 0 Å². The molecule has 0 spiro atoms. The standard InChI is InChI=1S/C13H22N4O2/c1-4-9-6-10(17(5-2)15-9)13(19)16(3)11-7-14-8-12(11)18/h6,11-12,14,18H,4-5,7-8H2,1-3H3/t11-,12-/m0/s1. The van der Waals surface area contributed by atoms with Crippen LogP contribution in [0.2, 0.25) is 0 Å². The normalized spacial score (nSPS) is 22.7. The summed E-state index contributed by atoms with van der Waals surface area (Å²) in [6.45, 7) is 5.82. The maximum atomic E-state index is 12.5. The smallest absolute Gasteiger partial charge is 0.272 e. The van der Waals surface area contributed by atoms with Crippen molar-refractivity contribution in [2.75, 3.05) is 20.1 Å². The number of nitrogens with zero attached hydrogens (tertiary/aromatic N) is 3. The monoisotopic (exact) mass is 266 g/mol. The van der Waals surface area contributed by atoms with Crippen LogP contribution in [-0.2, 0) is 13.0 Å². The zero-order valence-electron chi connectivity index (χ0n) is 11.8. The second-order valence-corrected chi connectivity index (χ2v) is 4.90. The Labute approximate surface area is 113 Å². The number of nitrogens with one attached hydrogen (secondary N) is 1. The van der Waals surface area contributed by atoms with E-state index in [1.807, 2.05) is 19.9 Å². The Morgan fingerprint density at radius 1 is 1.58 bits per heavy atom. The predicted molar refractivity (Wildman–Crippen MR) is 72.0 cm³/mol. The van der Waals surface area contributed by atoms with E-state index in [0.29, 0.717) is 25.3 Å². The van der Waals surface area contributed by atoms with Gasteiger partial charge in [-0.3, -0.25) is 9.48 Å². The van der Waals surface area contributed by atoms with E-state index < -0.39 is 6.10 Å². The Balaban J connectivity index is 2.20. The van der Waals surface area contributed by atoms with E-state index in [4.69, 9.17) is 0 Å². The van der Waals surface area contributed by atoms with Gasteiger partial charge >= 0.3 is 0 Å². The highest BCUT2D eigenvalue weighted by Gasteiger charge is 2.32. The number of aliphatic hydroxyl groups is 1. The molecule has 2 heterocycles. The summed E-state index contributed by atoms with van der Waals surface area (Å²) in [7, 11) is 1.74. The van der Waals surface area contributed by atoms with E-state index in [9.17, 15) is 9.90 Å². The van der Waals surface area contributed by atoms with Crippen molar-refractivity contribution in [1.29, 1.82) is 0 Å². The number of carbonyl (C=O) groups is 1. The van der Waals surface area contributed by atoms with E-state index in [1.54, 1.807) is 16.6 Å². The van der Waals surface area contributed by atoms with Crippen molar-refractivity contribution in [2.45, 2.75) is 39.0 Å². The number of aryl methyl sites for hydroxylation is 2. The first-order chi connectivity index (χ1) is 9.08. The van der Waals surface area contributed by atoms with Crippen molar-refractivity contribution in [3.63, 3.8) is 0 Å². The van der Waals surface area contributed by atoms with Crippen molar-refractivity contribution in [3.8, 4) is 0 Å². The zero-order chi connectivity index (χ0) is 14.0. The van der Waals surface area contributed by atoms with Gasteiger partial charge in [0.25, 0.3) is 5.91 Å². The molecule has 1 aliphatic heterocycles. The average molecular weight is 266 g/mol. The highest BCUT2D eigenvalue weighted by atomic mass is 16.3. The van der Waals surface area contributed by atoms with Crippen molar-refractivity contribution in [1.82, 2.24) is 20.0 Å². The summed E-state index contributed by atoms with van der Waals surface area (Å²) in [5.41, 5.74) is 1.52. The molecule has 19 heavy (non-hydrogen) atoms. The van der Waals surface area contributed by atoms with Gasteiger partial charge in [-0.15, -0.1) is 0 Å². The van der Waals surface area contributed by atoms with E-state index >= 15 is 0 Å². The fraction of sp³-hybridized carbons (Fsp3) is 0.692. The molecule has 2 N–H and O–H groups in total. The third-order valence-electron chi connectivity index (χ3n) is 3.68. The quantitative estimate of drug-likeness (QED) is 0.796. The number of aromatic nitrogens is 2. The molecular formula is C13H22N4O2. The molecule has 0 bridgehead atoms. The molecule has 0 aliphatic carbocycles.